The smallest absolute Gasteiger partial charge is 0.0811 e. The van der Waals surface area contributed by atoms with Crippen LogP contribution in [0.15, 0.2) is 24.3 Å². The van der Waals surface area contributed by atoms with E-state index in [1.807, 2.05) is 7.05 Å². The molecule has 1 aromatic rings. The van der Waals surface area contributed by atoms with Gasteiger partial charge in [-0.3, -0.25) is 0 Å². The molecule has 1 aromatic carbocycles. The summed E-state index contributed by atoms with van der Waals surface area (Å²) in [6.45, 7) is 2.80. The maximum atomic E-state index is 9.50. The van der Waals surface area contributed by atoms with Crippen molar-refractivity contribution in [1.29, 1.82) is 0 Å². The van der Waals surface area contributed by atoms with E-state index in [2.05, 4.69) is 52.0 Å². The van der Waals surface area contributed by atoms with Crippen LogP contribution in [0.5, 0.6) is 0 Å². The van der Waals surface area contributed by atoms with Crippen molar-refractivity contribution in [3.05, 3.63) is 29.8 Å². The number of halogens is 1. The SMILES string of the molecule is CCc1ccc(N(C)CC(O)CBr)cc1. The number of aliphatic hydroxyl groups excluding tert-OH is 1. The Kier molecular flexibility index (Phi) is 5.12. The third-order valence-corrected chi connectivity index (χ3v) is 3.20. The van der Waals surface area contributed by atoms with Gasteiger partial charge in [-0.2, -0.15) is 0 Å². The number of nitrogens with zero attached hydrogens (tertiary/aromatic N) is 1. The molecule has 0 aliphatic heterocycles. The molecule has 84 valence electrons. The van der Waals surface area contributed by atoms with Gasteiger partial charge in [-0.25, -0.2) is 0 Å². The molecule has 0 amide bonds. The molecule has 0 aromatic heterocycles. The largest absolute Gasteiger partial charge is 0.390 e. The van der Waals surface area contributed by atoms with Crippen LogP contribution in [-0.4, -0.2) is 30.1 Å². The molecule has 0 saturated heterocycles. The average molecular weight is 272 g/mol. The topological polar surface area (TPSA) is 23.5 Å². The molecule has 0 saturated carbocycles. The Labute approximate surface area is 100 Å². The van der Waals surface area contributed by atoms with Gasteiger partial charge in [0.05, 0.1) is 6.10 Å². The van der Waals surface area contributed by atoms with Gasteiger partial charge in [0.25, 0.3) is 0 Å². The molecule has 1 rings (SSSR count). The number of likely N-dealkylation sites (N-methyl/N-ethyl adjacent to an activating group) is 1. The van der Waals surface area contributed by atoms with Crippen LogP contribution in [0.25, 0.3) is 0 Å². The fraction of sp³-hybridized carbons (Fsp3) is 0.500. The highest BCUT2D eigenvalue weighted by Gasteiger charge is 2.06. The van der Waals surface area contributed by atoms with E-state index >= 15 is 0 Å². The predicted molar refractivity (Wildman–Crippen MR) is 68.9 cm³/mol. The minimum absolute atomic E-state index is 0.319. The van der Waals surface area contributed by atoms with E-state index in [0.717, 1.165) is 12.1 Å². The fourth-order valence-corrected chi connectivity index (χ4v) is 1.66. The van der Waals surface area contributed by atoms with Gasteiger partial charge in [-0.1, -0.05) is 35.0 Å². The van der Waals surface area contributed by atoms with Crippen LogP contribution in [0, 0.1) is 0 Å². The van der Waals surface area contributed by atoms with Gasteiger partial charge in [0.2, 0.25) is 0 Å². The molecule has 0 heterocycles. The van der Waals surface area contributed by atoms with Crippen molar-refractivity contribution in [1.82, 2.24) is 0 Å². The monoisotopic (exact) mass is 271 g/mol. The van der Waals surface area contributed by atoms with Gasteiger partial charge >= 0.3 is 0 Å². The van der Waals surface area contributed by atoms with Crippen LogP contribution >= 0.6 is 15.9 Å². The number of anilines is 1. The summed E-state index contributed by atoms with van der Waals surface area (Å²) in [5, 5.41) is 10.1. The highest BCUT2D eigenvalue weighted by atomic mass is 79.9. The molecule has 15 heavy (non-hydrogen) atoms. The first-order valence-corrected chi connectivity index (χ1v) is 6.33. The molecular weight excluding hydrogens is 254 g/mol. The van der Waals surface area contributed by atoms with Crippen molar-refractivity contribution in [2.24, 2.45) is 0 Å². The lowest BCUT2D eigenvalue weighted by Gasteiger charge is -2.21. The fourth-order valence-electron chi connectivity index (χ4n) is 1.46. The average Bonchev–Trinajstić information content (AvgIpc) is 2.29. The third kappa shape index (κ3) is 3.84. The lowest BCUT2D eigenvalue weighted by Crippen LogP contribution is -2.29. The summed E-state index contributed by atoms with van der Waals surface area (Å²) in [5.41, 5.74) is 2.49. The number of rotatable bonds is 5. The van der Waals surface area contributed by atoms with Gasteiger partial charge in [0, 0.05) is 24.6 Å². The summed E-state index contributed by atoms with van der Waals surface area (Å²) in [7, 11) is 1.99. The second-order valence-electron chi connectivity index (χ2n) is 3.71. The van der Waals surface area contributed by atoms with Crippen molar-refractivity contribution in [2.75, 3.05) is 23.8 Å². The first-order valence-electron chi connectivity index (χ1n) is 5.21. The van der Waals surface area contributed by atoms with Gasteiger partial charge in [-0.05, 0) is 24.1 Å². The summed E-state index contributed by atoms with van der Waals surface area (Å²) >= 11 is 3.26. The Morgan fingerprint density at radius 2 is 1.93 bits per heavy atom. The molecule has 0 fully saturated rings. The van der Waals surface area contributed by atoms with E-state index in [-0.39, 0.29) is 6.10 Å². The molecule has 1 unspecified atom stereocenters. The molecular formula is C12H18BrNO. The molecule has 1 atom stereocenters. The van der Waals surface area contributed by atoms with Crippen LogP contribution in [0.4, 0.5) is 5.69 Å². The van der Waals surface area contributed by atoms with Gasteiger partial charge in [-0.15, -0.1) is 0 Å². The summed E-state index contributed by atoms with van der Waals surface area (Å²) in [6, 6.07) is 8.46. The molecule has 2 nitrogen and oxygen atoms in total. The van der Waals surface area contributed by atoms with Crippen molar-refractivity contribution in [2.45, 2.75) is 19.4 Å². The van der Waals surface area contributed by atoms with E-state index < -0.39 is 0 Å². The lowest BCUT2D eigenvalue weighted by molar-refractivity contribution is 0.207. The van der Waals surface area contributed by atoms with Crippen LogP contribution < -0.4 is 4.90 Å². The summed E-state index contributed by atoms with van der Waals surface area (Å²) in [6.07, 6.45) is 0.745. The predicted octanol–water partition coefficient (Wildman–Crippen LogP) is 2.44. The maximum Gasteiger partial charge on any atom is 0.0811 e. The van der Waals surface area contributed by atoms with Crippen molar-refractivity contribution in [3.8, 4) is 0 Å². The molecule has 0 aliphatic carbocycles. The standard InChI is InChI=1S/C12H18BrNO/c1-3-10-4-6-11(7-5-10)14(2)9-12(15)8-13/h4-7,12,15H,3,8-9H2,1-2H3. The van der Waals surface area contributed by atoms with Crippen LogP contribution in [0.1, 0.15) is 12.5 Å². The van der Waals surface area contributed by atoms with E-state index in [1.54, 1.807) is 0 Å². The molecule has 3 heteroatoms. The van der Waals surface area contributed by atoms with Crippen molar-refractivity contribution >= 4 is 21.6 Å². The van der Waals surface area contributed by atoms with Gasteiger partial charge in [0.1, 0.15) is 0 Å². The van der Waals surface area contributed by atoms with E-state index in [4.69, 9.17) is 0 Å². The summed E-state index contributed by atoms with van der Waals surface area (Å²) in [5.74, 6) is 0. The lowest BCUT2D eigenvalue weighted by atomic mass is 10.1. The third-order valence-electron chi connectivity index (χ3n) is 2.45. The van der Waals surface area contributed by atoms with E-state index in [1.165, 1.54) is 5.56 Å². The van der Waals surface area contributed by atoms with E-state index in [0.29, 0.717) is 11.9 Å². The second kappa shape index (κ2) is 6.13. The maximum absolute atomic E-state index is 9.50. The molecule has 0 aliphatic rings. The Bertz CT molecular complexity index is 286. The van der Waals surface area contributed by atoms with Gasteiger partial charge < -0.3 is 10.0 Å². The van der Waals surface area contributed by atoms with Crippen LogP contribution in [0.2, 0.25) is 0 Å². The molecule has 0 spiro atoms. The summed E-state index contributed by atoms with van der Waals surface area (Å²) < 4.78 is 0. The first-order chi connectivity index (χ1) is 7.17. The number of benzene rings is 1. The number of alkyl halides is 1. The van der Waals surface area contributed by atoms with Crippen molar-refractivity contribution < 1.29 is 5.11 Å². The zero-order chi connectivity index (χ0) is 11.3. The first kappa shape index (κ1) is 12.5. The normalized spacial score (nSPS) is 12.5. The second-order valence-corrected chi connectivity index (χ2v) is 4.36. The minimum atomic E-state index is -0.319. The Balaban J connectivity index is 2.61. The Morgan fingerprint density at radius 3 is 2.40 bits per heavy atom. The molecule has 1 N–H and O–H groups in total. The zero-order valence-electron chi connectivity index (χ0n) is 9.28. The minimum Gasteiger partial charge on any atom is -0.390 e. The molecule has 0 bridgehead atoms. The number of hydrogen-bond donors (Lipinski definition) is 1. The highest BCUT2D eigenvalue weighted by molar-refractivity contribution is 9.09. The Morgan fingerprint density at radius 1 is 1.33 bits per heavy atom. The number of aryl methyl sites for hydroxylation is 1. The van der Waals surface area contributed by atoms with Crippen LogP contribution in [-0.2, 0) is 6.42 Å². The summed E-state index contributed by atoms with van der Waals surface area (Å²) in [4.78, 5) is 2.06. The number of aliphatic hydroxyl groups is 1. The van der Waals surface area contributed by atoms with E-state index in [9.17, 15) is 5.11 Å². The van der Waals surface area contributed by atoms with Crippen LogP contribution in [0.3, 0.4) is 0 Å². The molecule has 0 radical (unpaired) electrons. The highest BCUT2D eigenvalue weighted by Crippen LogP contribution is 2.14. The Hall–Kier alpha value is -0.540. The van der Waals surface area contributed by atoms with Gasteiger partial charge in [0.15, 0.2) is 0 Å². The quantitative estimate of drug-likeness (QED) is 0.832. The zero-order valence-corrected chi connectivity index (χ0v) is 10.9. The number of hydrogen-bond acceptors (Lipinski definition) is 2. The van der Waals surface area contributed by atoms with Crippen molar-refractivity contribution in [3.63, 3.8) is 0 Å².